The molecule has 94 valence electrons. The quantitative estimate of drug-likeness (QED) is 0.704. The van der Waals surface area contributed by atoms with Gasteiger partial charge in [0.1, 0.15) is 5.78 Å². The van der Waals surface area contributed by atoms with Crippen LogP contribution in [0, 0.1) is 5.92 Å². The van der Waals surface area contributed by atoms with Gasteiger partial charge in [-0.15, -0.1) is 0 Å². The maximum atomic E-state index is 11.7. The third kappa shape index (κ3) is 3.42. The first-order chi connectivity index (χ1) is 7.24. The fourth-order valence-electron chi connectivity index (χ4n) is 1.76. The van der Waals surface area contributed by atoms with Crippen LogP contribution in [0.3, 0.4) is 0 Å². The lowest BCUT2D eigenvalue weighted by Crippen LogP contribution is -2.43. The lowest BCUT2D eigenvalue weighted by molar-refractivity contribution is -0.125. The minimum atomic E-state index is -1.67. The minimum Gasteiger partial charge on any atom is -0.416 e. The Hall–Kier alpha value is -0.153. The maximum absolute atomic E-state index is 11.7. The zero-order valence-electron chi connectivity index (χ0n) is 11.4. The van der Waals surface area contributed by atoms with Crippen molar-refractivity contribution in [2.75, 3.05) is 6.61 Å². The van der Waals surface area contributed by atoms with Crippen molar-refractivity contribution >= 4 is 14.1 Å². The van der Waals surface area contributed by atoms with Crippen LogP contribution in [0.2, 0.25) is 18.1 Å². The average molecular weight is 242 g/mol. The highest BCUT2D eigenvalue weighted by Crippen LogP contribution is 2.37. The van der Waals surface area contributed by atoms with Gasteiger partial charge in [0.15, 0.2) is 8.32 Å². The second-order valence-electron chi connectivity index (χ2n) is 6.48. The summed E-state index contributed by atoms with van der Waals surface area (Å²) in [4.78, 5) is 11.7. The van der Waals surface area contributed by atoms with Gasteiger partial charge in [0.2, 0.25) is 0 Å². The molecule has 0 aliphatic heterocycles. The number of hydrogen-bond acceptors (Lipinski definition) is 2. The molecule has 16 heavy (non-hydrogen) atoms. The summed E-state index contributed by atoms with van der Waals surface area (Å²) in [5.74, 6) is 0.604. The van der Waals surface area contributed by atoms with Crippen LogP contribution in [0.15, 0.2) is 0 Å². The zero-order chi connectivity index (χ0) is 12.4. The van der Waals surface area contributed by atoms with E-state index in [2.05, 4.69) is 33.9 Å². The molecular formula is C13H26O2Si. The predicted octanol–water partition coefficient (Wildman–Crippen LogP) is 3.77. The van der Waals surface area contributed by atoms with Crippen molar-refractivity contribution in [3.63, 3.8) is 0 Å². The summed E-state index contributed by atoms with van der Waals surface area (Å²) in [6, 6.07) is 0. The molecule has 0 amide bonds. The first-order valence-corrected chi connectivity index (χ1v) is 9.31. The first kappa shape index (κ1) is 13.9. The number of Topliss-reactive ketones (excluding diaryl/α,β-unsaturated/α-hetero) is 1. The van der Waals surface area contributed by atoms with Crippen LogP contribution in [0.4, 0.5) is 0 Å². The number of rotatable bonds is 3. The molecule has 1 rings (SSSR count). The Morgan fingerprint density at radius 3 is 2.44 bits per heavy atom. The number of ketones is 1. The molecular weight excluding hydrogens is 216 g/mol. The number of hydrogen-bond donors (Lipinski definition) is 0. The third-order valence-corrected chi connectivity index (χ3v) is 8.63. The minimum absolute atomic E-state index is 0.183. The molecule has 0 unspecified atom stereocenters. The van der Waals surface area contributed by atoms with E-state index in [1.54, 1.807) is 0 Å². The van der Waals surface area contributed by atoms with Crippen LogP contribution in [0.5, 0.6) is 0 Å². The van der Waals surface area contributed by atoms with E-state index >= 15 is 0 Å². The van der Waals surface area contributed by atoms with Gasteiger partial charge in [-0.25, -0.2) is 0 Å². The monoisotopic (exact) mass is 242 g/mol. The van der Waals surface area contributed by atoms with Crippen molar-refractivity contribution in [1.29, 1.82) is 0 Å². The van der Waals surface area contributed by atoms with Gasteiger partial charge in [-0.3, -0.25) is 4.79 Å². The second kappa shape index (κ2) is 5.01. The van der Waals surface area contributed by atoms with Gasteiger partial charge in [0.05, 0.1) is 0 Å². The third-order valence-electron chi connectivity index (χ3n) is 4.13. The summed E-state index contributed by atoms with van der Waals surface area (Å²) in [5.41, 5.74) is 0. The van der Waals surface area contributed by atoms with Gasteiger partial charge >= 0.3 is 0 Å². The van der Waals surface area contributed by atoms with Crippen molar-refractivity contribution in [3.8, 4) is 0 Å². The maximum Gasteiger partial charge on any atom is 0.192 e. The highest BCUT2D eigenvalue weighted by molar-refractivity contribution is 6.74. The molecule has 2 nitrogen and oxygen atoms in total. The Labute approximate surface area is 101 Å². The molecule has 1 saturated carbocycles. The Balaban J connectivity index is 2.47. The molecule has 0 spiro atoms. The topological polar surface area (TPSA) is 26.3 Å². The van der Waals surface area contributed by atoms with Crippen LogP contribution in [-0.2, 0) is 9.22 Å². The summed E-state index contributed by atoms with van der Waals surface area (Å²) in [5, 5.41) is 0.241. The first-order valence-electron chi connectivity index (χ1n) is 6.41. The molecule has 0 heterocycles. The normalized spacial score (nSPS) is 23.6. The van der Waals surface area contributed by atoms with Crippen LogP contribution in [0.25, 0.3) is 0 Å². The lowest BCUT2D eigenvalue weighted by atomic mass is 9.89. The van der Waals surface area contributed by atoms with E-state index in [-0.39, 0.29) is 11.0 Å². The van der Waals surface area contributed by atoms with E-state index in [9.17, 15) is 4.79 Å². The molecule has 0 aromatic rings. The van der Waals surface area contributed by atoms with Crippen LogP contribution < -0.4 is 0 Å². The smallest absolute Gasteiger partial charge is 0.192 e. The summed E-state index contributed by atoms with van der Waals surface area (Å²) < 4.78 is 6.12. The number of carbonyl (C=O) groups is 1. The van der Waals surface area contributed by atoms with Crippen LogP contribution >= 0.6 is 0 Å². The number of carbonyl (C=O) groups excluding carboxylic acids is 1. The molecule has 0 radical (unpaired) electrons. The second-order valence-corrected chi connectivity index (χ2v) is 11.3. The molecule has 0 aromatic carbocycles. The van der Waals surface area contributed by atoms with E-state index in [4.69, 9.17) is 4.43 Å². The fraction of sp³-hybridized carbons (Fsp3) is 0.923. The highest BCUT2D eigenvalue weighted by atomic mass is 28.4. The summed E-state index contributed by atoms with van der Waals surface area (Å²) in [6.45, 7) is 11.9. The molecule has 3 heteroatoms. The van der Waals surface area contributed by atoms with E-state index in [0.29, 0.717) is 12.4 Å². The van der Waals surface area contributed by atoms with E-state index in [1.165, 1.54) is 6.42 Å². The van der Waals surface area contributed by atoms with E-state index < -0.39 is 8.32 Å². The molecule has 0 N–H and O–H groups in total. The Morgan fingerprint density at radius 2 is 1.94 bits per heavy atom. The fourth-order valence-corrected chi connectivity index (χ4v) is 2.81. The summed E-state index contributed by atoms with van der Waals surface area (Å²) in [7, 11) is -1.67. The molecule has 1 atom stereocenters. The standard InChI is InChI=1S/C13H26O2Si/c1-13(2,3)16(4,5)15-10-11-8-6-7-9-12(11)14/h11H,6-10H2,1-5H3/t11-/m1/s1. The summed E-state index contributed by atoms with van der Waals surface area (Å²) >= 11 is 0. The van der Waals surface area contributed by atoms with Crippen molar-refractivity contribution in [1.82, 2.24) is 0 Å². The molecule has 1 fully saturated rings. The average Bonchev–Trinajstić information content (AvgIpc) is 2.15. The molecule has 1 aliphatic rings. The van der Waals surface area contributed by atoms with Crippen LogP contribution in [0.1, 0.15) is 46.5 Å². The van der Waals surface area contributed by atoms with Gasteiger partial charge in [-0.05, 0) is 31.0 Å². The Kier molecular flexibility index (Phi) is 4.35. The lowest BCUT2D eigenvalue weighted by Gasteiger charge is -2.37. The van der Waals surface area contributed by atoms with Crippen molar-refractivity contribution in [2.45, 2.75) is 64.6 Å². The van der Waals surface area contributed by atoms with Gasteiger partial charge in [-0.2, -0.15) is 0 Å². The van der Waals surface area contributed by atoms with E-state index in [1.807, 2.05) is 0 Å². The largest absolute Gasteiger partial charge is 0.416 e. The van der Waals surface area contributed by atoms with Gasteiger partial charge < -0.3 is 4.43 Å². The van der Waals surface area contributed by atoms with Crippen molar-refractivity contribution < 1.29 is 9.22 Å². The predicted molar refractivity (Wildman–Crippen MR) is 70.1 cm³/mol. The summed E-state index contributed by atoms with van der Waals surface area (Å²) in [6.07, 6.45) is 4.08. The van der Waals surface area contributed by atoms with Gasteiger partial charge in [-0.1, -0.05) is 27.2 Å². The van der Waals surface area contributed by atoms with Crippen molar-refractivity contribution in [3.05, 3.63) is 0 Å². The molecule has 1 aliphatic carbocycles. The zero-order valence-corrected chi connectivity index (χ0v) is 12.4. The van der Waals surface area contributed by atoms with Gasteiger partial charge in [0.25, 0.3) is 0 Å². The van der Waals surface area contributed by atoms with Crippen molar-refractivity contribution in [2.24, 2.45) is 5.92 Å². The highest BCUT2D eigenvalue weighted by Gasteiger charge is 2.38. The van der Waals surface area contributed by atoms with Crippen LogP contribution in [-0.4, -0.2) is 20.7 Å². The molecule has 0 aromatic heterocycles. The molecule has 0 bridgehead atoms. The SMILES string of the molecule is CC(C)(C)[Si](C)(C)OC[C@H]1CCCCC1=O. The van der Waals surface area contributed by atoms with E-state index in [0.717, 1.165) is 19.3 Å². The molecule has 0 saturated heterocycles. The Bertz CT molecular complexity index is 253. The Morgan fingerprint density at radius 1 is 1.31 bits per heavy atom. The van der Waals surface area contributed by atoms with Gasteiger partial charge in [0, 0.05) is 18.9 Å².